The van der Waals surface area contributed by atoms with Crippen LogP contribution in [0, 0.1) is 0 Å². The van der Waals surface area contributed by atoms with Crippen molar-refractivity contribution in [3.05, 3.63) is 22.7 Å². The smallest absolute Gasteiger partial charge is 0.320 e. The molecule has 0 amide bonds. The van der Waals surface area contributed by atoms with Crippen LogP contribution in [0.3, 0.4) is 0 Å². The van der Waals surface area contributed by atoms with Gasteiger partial charge in [0.25, 0.3) is 0 Å². The van der Waals surface area contributed by atoms with E-state index in [0.717, 1.165) is 19.3 Å². The van der Waals surface area contributed by atoms with Crippen molar-refractivity contribution in [2.45, 2.75) is 38.3 Å². The molecule has 6 heteroatoms. The Morgan fingerprint density at radius 2 is 2.19 bits per heavy atom. The monoisotopic (exact) mass is 313 g/mol. The maximum absolute atomic E-state index is 11.4. The number of hydrogen-bond acceptors (Lipinski definition) is 4. The van der Waals surface area contributed by atoms with Crippen LogP contribution in [0.25, 0.3) is 0 Å². The summed E-state index contributed by atoms with van der Waals surface area (Å²) in [6.45, 7) is 1.05. The quantitative estimate of drug-likeness (QED) is 0.894. The van der Waals surface area contributed by atoms with E-state index < -0.39 is 12.0 Å². The van der Waals surface area contributed by atoms with Crippen molar-refractivity contribution < 1.29 is 19.7 Å². The van der Waals surface area contributed by atoms with E-state index in [0.29, 0.717) is 35.8 Å². The average molecular weight is 314 g/mol. The first-order chi connectivity index (χ1) is 10.0. The molecule has 1 unspecified atom stereocenters. The Morgan fingerprint density at radius 1 is 1.43 bits per heavy atom. The largest absolute Gasteiger partial charge is 0.504 e. The lowest BCUT2D eigenvalue weighted by atomic mass is 10.1. The molecule has 2 N–H and O–H groups in total. The minimum Gasteiger partial charge on any atom is -0.504 e. The van der Waals surface area contributed by atoms with Crippen LogP contribution in [0.1, 0.15) is 31.2 Å². The molecule has 1 aromatic carbocycles. The normalized spacial score (nSPS) is 20.0. The van der Waals surface area contributed by atoms with E-state index in [4.69, 9.17) is 16.3 Å². The Balaban J connectivity index is 2.26. The molecular formula is C15H20ClNO4. The van der Waals surface area contributed by atoms with Gasteiger partial charge in [-0.2, -0.15) is 0 Å². The molecule has 0 bridgehead atoms. The highest BCUT2D eigenvalue weighted by atomic mass is 35.5. The lowest BCUT2D eigenvalue weighted by Crippen LogP contribution is -2.40. The zero-order chi connectivity index (χ0) is 15.4. The van der Waals surface area contributed by atoms with E-state index in [1.165, 1.54) is 13.2 Å². The van der Waals surface area contributed by atoms with E-state index in [9.17, 15) is 15.0 Å². The van der Waals surface area contributed by atoms with Crippen molar-refractivity contribution in [1.29, 1.82) is 0 Å². The SMILES string of the molecule is COc1cc(Cl)cc(CN2CCCCCC2C(=O)O)c1O. The number of likely N-dealkylation sites (tertiary alicyclic amines) is 1. The van der Waals surface area contributed by atoms with Gasteiger partial charge in [-0.25, -0.2) is 0 Å². The number of rotatable bonds is 4. The Morgan fingerprint density at radius 3 is 2.86 bits per heavy atom. The molecule has 1 aromatic rings. The number of phenols is 1. The van der Waals surface area contributed by atoms with Crippen molar-refractivity contribution in [1.82, 2.24) is 4.90 Å². The third kappa shape index (κ3) is 3.80. The lowest BCUT2D eigenvalue weighted by molar-refractivity contribution is -0.143. The summed E-state index contributed by atoms with van der Waals surface area (Å²) in [4.78, 5) is 13.3. The number of hydrogen-bond donors (Lipinski definition) is 2. The number of carboxylic acid groups (broad SMARTS) is 1. The van der Waals surface area contributed by atoms with Gasteiger partial charge in [0.05, 0.1) is 7.11 Å². The second-order valence-electron chi connectivity index (χ2n) is 5.29. The van der Waals surface area contributed by atoms with Gasteiger partial charge in [0.2, 0.25) is 0 Å². The summed E-state index contributed by atoms with van der Waals surface area (Å²) in [5.41, 5.74) is 0.590. The molecule has 0 aromatic heterocycles. The number of aliphatic carboxylic acids is 1. The number of nitrogens with zero attached hydrogens (tertiary/aromatic N) is 1. The molecule has 1 fully saturated rings. The Kier molecular flexibility index (Phi) is 5.31. The fraction of sp³-hybridized carbons (Fsp3) is 0.533. The van der Waals surface area contributed by atoms with E-state index in [1.807, 2.05) is 4.90 Å². The van der Waals surface area contributed by atoms with Gasteiger partial charge in [0.15, 0.2) is 11.5 Å². The number of benzene rings is 1. The summed E-state index contributed by atoms with van der Waals surface area (Å²) >= 11 is 6.02. The van der Waals surface area contributed by atoms with Gasteiger partial charge in [-0.3, -0.25) is 9.69 Å². The maximum atomic E-state index is 11.4. The molecule has 1 aliphatic heterocycles. The van der Waals surface area contributed by atoms with Crippen LogP contribution in [0.15, 0.2) is 12.1 Å². The van der Waals surface area contributed by atoms with E-state index in [-0.39, 0.29) is 5.75 Å². The molecule has 21 heavy (non-hydrogen) atoms. The summed E-state index contributed by atoms with van der Waals surface area (Å²) < 4.78 is 5.09. The van der Waals surface area contributed by atoms with Crippen molar-refractivity contribution >= 4 is 17.6 Å². The Hall–Kier alpha value is -1.46. The van der Waals surface area contributed by atoms with Gasteiger partial charge in [0.1, 0.15) is 6.04 Å². The number of aromatic hydroxyl groups is 1. The molecule has 0 radical (unpaired) electrons. The molecule has 1 saturated heterocycles. The number of halogens is 1. The molecule has 1 heterocycles. The van der Waals surface area contributed by atoms with Gasteiger partial charge in [-0.1, -0.05) is 24.4 Å². The van der Waals surface area contributed by atoms with Crippen LogP contribution in [-0.4, -0.2) is 40.8 Å². The predicted molar refractivity (Wildman–Crippen MR) is 80.0 cm³/mol. The first-order valence-corrected chi connectivity index (χ1v) is 7.43. The van der Waals surface area contributed by atoms with Gasteiger partial charge < -0.3 is 14.9 Å². The van der Waals surface area contributed by atoms with Crippen molar-refractivity contribution in [2.75, 3.05) is 13.7 Å². The summed E-state index contributed by atoms with van der Waals surface area (Å²) in [6, 6.07) is 2.68. The van der Waals surface area contributed by atoms with Crippen LogP contribution in [0.2, 0.25) is 5.02 Å². The third-order valence-corrected chi connectivity index (χ3v) is 4.08. The van der Waals surface area contributed by atoms with Gasteiger partial charge >= 0.3 is 5.97 Å². The summed E-state index contributed by atoms with van der Waals surface area (Å²) in [5, 5.41) is 20.0. The number of phenolic OH excluding ortho intramolecular Hbond substituents is 1. The van der Waals surface area contributed by atoms with Gasteiger partial charge in [0, 0.05) is 23.2 Å². The molecule has 0 spiro atoms. The van der Waals surface area contributed by atoms with E-state index >= 15 is 0 Å². The first kappa shape index (κ1) is 15.9. The van der Waals surface area contributed by atoms with Crippen molar-refractivity contribution in [3.63, 3.8) is 0 Å². The average Bonchev–Trinajstić information content (AvgIpc) is 2.67. The fourth-order valence-electron chi connectivity index (χ4n) is 2.76. The maximum Gasteiger partial charge on any atom is 0.320 e. The number of carbonyl (C=O) groups is 1. The predicted octanol–water partition coefficient (Wildman–Crippen LogP) is 2.88. The van der Waals surface area contributed by atoms with Crippen LogP contribution in [-0.2, 0) is 11.3 Å². The zero-order valence-corrected chi connectivity index (χ0v) is 12.8. The molecule has 0 saturated carbocycles. The molecule has 5 nitrogen and oxygen atoms in total. The minimum absolute atomic E-state index is 0.0234. The van der Waals surface area contributed by atoms with Gasteiger partial charge in [-0.15, -0.1) is 0 Å². The zero-order valence-electron chi connectivity index (χ0n) is 12.0. The fourth-order valence-corrected chi connectivity index (χ4v) is 2.99. The Bertz CT molecular complexity index is 521. The second kappa shape index (κ2) is 7.00. The highest BCUT2D eigenvalue weighted by molar-refractivity contribution is 6.30. The Labute approximate surface area is 129 Å². The number of ether oxygens (including phenoxy) is 1. The third-order valence-electron chi connectivity index (χ3n) is 3.86. The molecular weight excluding hydrogens is 294 g/mol. The van der Waals surface area contributed by atoms with Crippen molar-refractivity contribution in [3.8, 4) is 11.5 Å². The minimum atomic E-state index is -0.814. The standard InChI is InChI=1S/C15H20ClNO4/c1-21-13-8-11(16)7-10(14(13)18)9-17-6-4-2-3-5-12(17)15(19)20/h7-8,12,18H,2-6,9H2,1H3,(H,19,20). The summed E-state index contributed by atoms with van der Waals surface area (Å²) in [6.07, 6.45) is 3.54. The molecule has 0 aliphatic carbocycles. The summed E-state index contributed by atoms with van der Waals surface area (Å²) in [7, 11) is 1.46. The van der Waals surface area contributed by atoms with Gasteiger partial charge in [-0.05, 0) is 25.5 Å². The van der Waals surface area contributed by atoms with Crippen LogP contribution >= 0.6 is 11.6 Å². The highest BCUT2D eigenvalue weighted by Crippen LogP contribution is 2.35. The molecule has 2 rings (SSSR count). The highest BCUT2D eigenvalue weighted by Gasteiger charge is 2.28. The van der Waals surface area contributed by atoms with E-state index in [2.05, 4.69) is 0 Å². The number of carboxylic acids is 1. The van der Waals surface area contributed by atoms with Crippen molar-refractivity contribution in [2.24, 2.45) is 0 Å². The number of methoxy groups -OCH3 is 1. The lowest BCUT2D eigenvalue weighted by Gasteiger charge is -2.27. The van der Waals surface area contributed by atoms with Crippen LogP contribution in [0.4, 0.5) is 0 Å². The summed E-state index contributed by atoms with van der Waals surface area (Å²) in [5.74, 6) is -0.486. The van der Waals surface area contributed by atoms with Crippen LogP contribution < -0.4 is 4.74 Å². The van der Waals surface area contributed by atoms with Crippen LogP contribution in [0.5, 0.6) is 11.5 Å². The molecule has 116 valence electrons. The second-order valence-corrected chi connectivity index (χ2v) is 5.73. The first-order valence-electron chi connectivity index (χ1n) is 7.05. The molecule has 1 aliphatic rings. The molecule has 1 atom stereocenters. The van der Waals surface area contributed by atoms with E-state index in [1.54, 1.807) is 6.07 Å². The topological polar surface area (TPSA) is 70.0 Å².